The van der Waals surface area contributed by atoms with Crippen LogP contribution in [0.15, 0.2) is 47.6 Å². The minimum atomic E-state index is -3.85. The number of aromatic nitrogens is 1. The molecule has 1 atom stereocenters. The van der Waals surface area contributed by atoms with Crippen molar-refractivity contribution in [3.8, 4) is 5.75 Å². The maximum Gasteiger partial charge on any atom is 0.243 e. The molecular weight excluding hydrogens is 514 g/mol. The summed E-state index contributed by atoms with van der Waals surface area (Å²) in [7, 11) is -5.94. The van der Waals surface area contributed by atoms with Crippen molar-refractivity contribution in [2.24, 2.45) is 11.8 Å². The van der Waals surface area contributed by atoms with Gasteiger partial charge in [0.15, 0.2) is 0 Å². The molecule has 1 aliphatic rings. The molecule has 1 heterocycles. The van der Waals surface area contributed by atoms with Crippen LogP contribution in [0.2, 0.25) is 0 Å². The van der Waals surface area contributed by atoms with E-state index in [9.17, 15) is 21.9 Å². The van der Waals surface area contributed by atoms with Gasteiger partial charge in [0, 0.05) is 38.6 Å². The zero-order chi connectivity index (χ0) is 27.1. The highest BCUT2D eigenvalue weighted by Crippen LogP contribution is 2.27. The average molecular weight is 556 g/mol. The summed E-state index contributed by atoms with van der Waals surface area (Å²) < 4.78 is 61.2. The van der Waals surface area contributed by atoms with E-state index in [1.165, 1.54) is 27.9 Å². The molecule has 208 valence electrons. The first-order valence-corrected chi connectivity index (χ1v) is 16.0. The third kappa shape index (κ3) is 8.54. The molecule has 1 aromatic heterocycles. The van der Waals surface area contributed by atoms with Crippen molar-refractivity contribution in [1.82, 2.24) is 13.6 Å². The van der Waals surface area contributed by atoms with Gasteiger partial charge in [-0.15, -0.1) is 0 Å². The normalized spacial score (nSPS) is 16.2. The van der Waals surface area contributed by atoms with Crippen LogP contribution in [0.25, 0.3) is 0 Å². The summed E-state index contributed by atoms with van der Waals surface area (Å²) in [6.45, 7) is 4.53. The van der Waals surface area contributed by atoms with Gasteiger partial charge >= 0.3 is 0 Å². The molecule has 1 aliphatic carbocycles. The number of rotatable bonds is 15. The van der Waals surface area contributed by atoms with Crippen LogP contribution in [0, 0.1) is 11.8 Å². The molecule has 0 aliphatic heterocycles. The molecule has 3 rings (SSSR count). The van der Waals surface area contributed by atoms with Gasteiger partial charge in [-0.2, -0.15) is 4.31 Å². The number of hydrogen-bond donors (Lipinski definition) is 2. The number of hydrogen-bond acceptors (Lipinski definition) is 6. The first kappa shape index (κ1) is 29.6. The van der Waals surface area contributed by atoms with E-state index in [0.29, 0.717) is 23.8 Å². The minimum Gasteiger partial charge on any atom is -0.497 e. The predicted molar refractivity (Wildman–Crippen MR) is 144 cm³/mol. The lowest BCUT2D eigenvalue weighted by atomic mass is 10.1. The van der Waals surface area contributed by atoms with Crippen molar-refractivity contribution in [3.05, 3.63) is 48.3 Å². The molecule has 0 spiro atoms. The number of aromatic amines is 1. The SMILES string of the molecule is COc1ccc(S(=O)(=O)N(CC(C)C)C[C@@H](O)CCN(CC2CCCC2)S(=O)(=O)Cc2cc[nH]c2)cc1. The van der Waals surface area contributed by atoms with Gasteiger partial charge in [0.2, 0.25) is 20.0 Å². The van der Waals surface area contributed by atoms with E-state index in [-0.39, 0.29) is 42.6 Å². The minimum absolute atomic E-state index is 0.0424. The van der Waals surface area contributed by atoms with Crippen molar-refractivity contribution < 1.29 is 26.7 Å². The molecule has 0 saturated heterocycles. The molecule has 0 amide bonds. The molecule has 2 aromatic rings. The van der Waals surface area contributed by atoms with E-state index in [2.05, 4.69) is 4.98 Å². The van der Waals surface area contributed by atoms with E-state index in [0.717, 1.165) is 25.7 Å². The van der Waals surface area contributed by atoms with Crippen LogP contribution < -0.4 is 4.74 Å². The van der Waals surface area contributed by atoms with Crippen molar-refractivity contribution in [2.45, 2.75) is 62.7 Å². The van der Waals surface area contributed by atoms with Crippen molar-refractivity contribution in [3.63, 3.8) is 0 Å². The largest absolute Gasteiger partial charge is 0.497 e. The number of sulfonamides is 2. The van der Waals surface area contributed by atoms with Crippen LogP contribution in [-0.2, 0) is 25.8 Å². The lowest BCUT2D eigenvalue weighted by Crippen LogP contribution is -2.42. The number of H-pyrrole nitrogens is 1. The quantitative estimate of drug-likeness (QED) is 0.347. The van der Waals surface area contributed by atoms with Crippen molar-refractivity contribution >= 4 is 20.0 Å². The van der Waals surface area contributed by atoms with Gasteiger partial charge in [-0.3, -0.25) is 0 Å². The molecular formula is C26H41N3O6S2. The number of aliphatic hydroxyl groups is 1. The third-order valence-electron chi connectivity index (χ3n) is 6.73. The van der Waals surface area contributed by atoms with Crippen LogP contribution >= 0.6 is 0 Å². The molecule has 1 fully saturated rings. The Morgan fingerprint density at radius 2 is 1.70 bits per heavy atom. The van der Waals surface area contributed by atoms with E-state index >= 15 is 0 Å². The summed E-state index contributed by atoms with van der Waals surface area (Å²) in [6, 6.07) is 7.91. The number of nitrogens with zero attached hydrogens (tertiary/aromatic N) is 2. The Kier molecular flexibility index (Phi) is 10.6. The van der Waals surface area contributed by atoms with Crippen LogP contribution in [0.3, 0.4) is 0 Å². The summed E-state index contributed by atoms with van der Waals surface area (Å²) in [5.74, 6) is 0.800. The van der Waals surface area contributed by atoms with Gasteiger partial charge in [0.25, 0.3) is 0 Å². The lowest BCUT2D eigenvalue weighted by molar-refractivity contribution is 0.125. The molecule has 9 nitrogen and oxygen atoms in total. The first-order chi connectivity index (χ1) is 17.5. The molecule has 1 saturated carbocycles. The zero-order valence-corrected chi connectivity index (χ0v) is 23.7. The fourth-order valence-corrected chi connectivity index (χ4v) is 8.01. The fourth-order valence-electron chi connectivity index (χ4n) is 4.77. The Labute approximate surface area is 221 Å². The molecule has 37 heavy (non-hydrogen) atoms. The van der Waals surface area contributed by atoms with E-state index < -0.39 is 26.2 Å². The number of methoxy groups -OCH3 is 1. The predicted octanol–water partition coefficient (Wildman–Crippen LogP) is 3.44. The van der Waals surface area contributed by atoms with Crippen molar-refractivity contribution in [2.75, 3.05) is 33.3 Å². The molecule has 2 N–H and O–H groups in total. The summed E-state index contributed by atoms with van der Waals surface area (Å²) in [4.78, 5) is 3.02. The smallest absolute Gasteiger partial charge is 0.243 e. The fraction of sp³-hybridized carbons (Fsp3) is 0.615. The zero-order valence-electron chi connectivity index (χ0n) is 22.0. The number of aliphatic hydroxyl groups excluding tert-OH is 1. The second-order valence-corrected chi connectivity index (χ2v) is 14.2. The lowest BCUT2D eigenvalue weighted by Gasteiger charge is -2.29. The molecule has 0 radical (unpaired) electrons. The second kappa shape index (κ2) is 13.2. The van der Waals surface area contributed by atoms with Gasteiger partial charge in [0.1, 0.15) is 5.75 Å². The van der Waals surface area contributed by atoms with Gasteiger partial charge < -0.3 is 14.8 Å². The summed E-state index contributed by atoms with van der Waals surface area (Å²) in [5.41, 5.74) is 0.686. The summed E-state index contributed by atoms with van der Waals surface area (Å²) in [6.07, 6.45) is 6.71. The Bertz CT molecular complexity index is 1160. The Balaban J connectivity index is 1.71. The van der Waals surface area contributed by atoms with Gasteiger partial charge in [0.05, 0.1) is 23.9 Å². The topological polar surface area (TPSA) is 120 Å². The van der Waals surface area contributed by atoms with Crippen LogP contribution in [0.1, 0.15) is 51.5 Å². The van der Waals surface area contributed by atoms with Crippen LogP contribution in [0.5, 0.6) is 5.75 Å². The van der Waals surface area contributed by atoms with Gasteiger partial charge in [-0.25, -0.2) is 21.1 Å². The second-order valence-electron chi connectivity index (χ2n) is 10.3. The maximum atomic E-state index is 13.4. The first-order valence-electron chi connectivity index (χ1n) is 12.9. The van der Waals surface area contributed by atoms with Crippen LogP contribution in [0.4, 0.5) is 0 Å². The Morgan fingerprint density at radius 3 is 2.27 bits per heavy atom. The van der Waals surface area contributed by atoms with E-state index in [1.807, 2.05) is 13.8 Å². The highest BCUT2D eigenvalue weighted by molar-refractivity contribution is 7.89. The van der Waals surface area contributed by atoms with E-state index in [4.69, 9.17) is 4.74 Å². The molecule has 11 heteroatoms. The van der Waals surface area contributed by atoms with Crippen LogP contribution in [-0.4, -0.2) is 74.9 Å². The highest BCUT2D eigenvalue weighted by Gasteiger charge is 2.30. The van der Waals surface area contributed by atoms with Gasteiger partial charge in [-0.1, -0.05) is 26.7 Å². The van der Waals surface area contributed by atoms with Gasteiger partial charge in [-0.05, 0) is 67.0 Å². The summed E-state index contributed by atoms with van der Waals surface area (Å²) in [5, 5.41) is 10.9. The number of ether oxygens (including phenoxy) is 1. The summed E-state index contributed by atoms with van der Waals surface area (Å²) >= 11 is 0. The highest BCUT2D eigenvalue weighted by atomic mass is 32.2. The average Bonchev–Trinajstić information content (AvgIpc) is 3.55. The molecule has 1 aromatic carbocycles. The maximum absolute atomic E-state index is 13.4. The third-order valence-corrected chi connectivity index (χ3v) is 10.4. The van der Waals surface area contributed by atoms with Crippen molar-refractivity contribution in [1.29, 1.82) is 0 Å². The monoisotopic (exact) mass is 555 g/mol. The Morgan fingerprint density at radius 1 is 1.03 bits per heavy atom. The van der Waals surface area contributed by atoms with E-state index in [1.54, 1.807) is 30.6 Å². The standard InChI is InChI=1S/C26H41N3O6S2/c1-21(2)17-29(37(33,34)26-10-8-25(35-3)9-11-26)19-24(30)13-15-28(18-22-6-4-5-7-22)36(31,32)20-23-12-14-27-16-23/h8-12,14,16,21-22,24,27,30H,4-7,13,15,17-20H2,1-3H3/t24-/m0/s1. The molecule has 0 bridgehead atoms. The Hall–Kier alpha value is -1.92. The molecule has 0 unspecified atom stereocenters. The number of benzene rings is 1. The number of nitrogens with one attached hydrogen (secondary N) is 1.